The van der Waals surface area contributed by atoms with Crippen LogP contribution in [0.3, 0.4) is 0 Å². The Morgan fingerprint density at radius 1 is 1.33 bits per heavy atom. The van der Waals surface area contributed by atoms with Crippen LogP contribution in [0.4, 0.5) is 10.6 Å². The number of anilines is 1. The molecule has 3 atom stereocenters. The van der Waals surface area contributed by atoms with E-state index in [0.717, 1.165) is 6.42 Å². The van der Waals surface area contributed by atoms with Crippen LogP contribution in [0, 0.1) is 11.8 Å². The zero-order chi connectivity index (χ0) is 13.0. The number of pyridine rings is 1. The van der Waals surface area contributed by atoms with E-state index in [4.69, 9.17) is 0 Å². The summed E-state index contributed by atoms with van der Waals surface area (Å²) in [5, 5.41) is 5.82. The van der Waals surface area contributed by atoms with Crippen LogP contribution in [0.5, 0.6) is 0 Å². The number of rotatable bonds is 2. The van der Waals surface area contributed by atoms with Gasteiger partial charge in [-0.25, -0.2) is 9.78 Å². The molecular weight excluding hydrogens is 226 g/mol. The molecule has 1 heterocycles. The molecule has 0 bridgehead atoms. The third-order valence-corrected chi connectivity index (χ3v) is 3.93. The average Bonchev–Trinajstić information content (AvgIpc) is 2.36. The average molecular weight is 247 g/mol. The Kier molecular flexibility index (Phi) is 4.18. The van der Waals surface area contributed by atoms with Crippen LogP contribution in [-0.2, 0) is 0 Å². The maximum Gasteiger partial charge on any atom is 0.320 e. The van der Waals surface area contributed by atoms with Crippen molar-refractivity contribution in [1.82, 2.24) is 10.3 Å². The molecule has 3 unspecified atom stereocenters. The van der Waals surface area contributed by atoms with Gasteiger partial charge >= 0.3 is 6.03 Å². The third kappa shape index (κ3) is 3.22. The lowest BCUT2D eigenvalue weighted by Gasteiger charge is -2.34. The molecule has 2 N–H and O–H groups in total. The molecule has 18 heavy (non-hydrogen) atoms. The van der Waals surface area contributed by atoms with Crippen molar-refractivity contribution in [2.75, 3.05) is 5.32 Å². The predicted octanol–water partition coefficient (Wildman–Crippen LogP) is 3.03. The number of hydrogen-bond acceptors (Lipinski definition) is 2. The highest BCUT2D eigenvalue weighted by Crippen LogP contribution is 2.29. The molecule has 0 spiro atoms. The first-order chi connectivity index (χ1) is 8.66. The fraction of sp³-hybridized carbons (Fsp3) is 0.571. The van der Waals surface area contributed by atoms with Gasteiger partial charge in [0.05, 0.1) is 0 Å². The minimum atomic E-state index is -0.153. The third-order valence-electron chi connectivity index (χ3n) is 3.93. The minimum Gasteiger partial charge on any atom is -0.335 e. The lowest BCUT2D eigenvalue weighted by molar-refractivity contribution is 0.201. The standard InChI is InChI=1S/C14H21N3O/c1-10-6-5-7-12(11(10)2)16-14(18)17-13-8-3-4-9-15-13/h3-4,8-12H,5-7H2,1-2H3,(H2,15,16,17,18). The van der Waals surface area contributed by atoms with Gasteiger partial charge in [0.2, 0.25) is 0 Å². The molecule has 98 valence electrons. The van der Waals surface area contributed by atoms with Crippen LogP contribution < -0.4 is 10.6 Å². The number of urea groups is 1. The van der Waals surface area contributed by atoms with E-state index < -0.39 is 0 Å². The van der Waals surface area contributed by atoms with Gasteiger partial charge in [0.25, 0.3) is 0 Å². The molecule has 0 saturated heterocycles. The highest BCUT2D eigenvalue weighted by molar-refractivity contribution is 5.88. The first kappa shape index (κ1) is 12.9. The Hall–Kier alpha value is -1.58. The first-order valence-electron chi connectivity index (χ1n) is 6.65. The second kappa shape index (κ2) is 5.85. The molecular formula is C14H21N3O. The van der Waals surface area contributed by atoms with Crippen LogP contribution in [0.2, 0.25) is 0 Å². The number of aromatic nitrogens is 1. The zero-order valence-corrected chi connectivity index (χ0v) is 11.0. The Labute approximate surface area is 108 Å². The Morgan fingerprint density at radius 3 is 2.89 bits per heavy atom. The van der Waals surface area contributed by atoms with E-state index in [1.165, 1.54) is 12.8 Å². The largest absolute Gasteiger partial charge is 0.335 e. The quantitative estimate of drug-likeness (QED) is 0.844. The van der Waals surface area contributed by atoms with Crippen molar-refractivity contribution in [3.05, 3.63) is 24.4 Å². The molecule has 1 fully saturated rings. The van der Waals surface area contributed by atoms with E-state index in [2.05, 4.69) is 29.5 Å². The normalized spacial score (nSPS) is 27.6. The number of carbonyl (C=O) groups is 1. The number of carbonyl (C=O) groups excluding carboxylic acids is 1. The van der Waals surface area contributed by atoms with Gasteiger partial charge in [-0.05, 0) is 30.4 Å². The van der Waals surface area contributed by atoms with E-state index in [0.29, 0.717) is 17.7 Å². The minimum absolute atomic E-state index is 0.153. The van der Waals surface area contributed by atoms with Gasteiger partial charge in [0.15, 0.2) is 0 Å². The number of hydrogen-bond donors (Lipinski definition) is 2. The summed E-state index contributed by atoms with van der Waals surface area (Å²) in [5.41, 5.74) is 0. The van der Waals surface area contributed by atoms with Crippen molar-refractivity contribution >= 4 is 11.8 Å². The van der Waals surface area contributed by atoms with E-state index in [9.17, 15) is 4.79 Å². The van der Waals surface area contributed by atoms with Crippen molar-refractivity contribution in [2.24, 2.45) is 11.8 Å². The molecule has 1 saturated carbocycles. The van der Waals surface area contributed by atoms with Crippen molar-refractivity contribution < 1.29 is 4.79 Å². The van der Waals surface area contributed by atoms with Crippen LogP contribution in [-0.4, -0.2) is 17.1 Å². The first-order valence-corrected chi connectivity index (χ1v) is 6.65. The maximum absolute atomic E-state index is 11.9. The number of nitrogens with one attached hydrogen (secondary N) is 2. The highest BCUT2D eigenvalue weighted by atomic mass is 16.2. The van der Waals surface area contributed by atoms with Crippen molar-refractivity contribution in [2.45, 2.75) is 39.2 Å². The zero-order valence-electron chi connectivity index (χ0n) is 11.0. The Bertz CT molecular complexity index is 393. The summed E-state index contributed by atoms with van der Waals surface area (Å²) in [6.45, 7) is 4.48. The summed E-state index contributed by atoms with van der Waals surface area (Å²) < 4.78 is 0. The van der Waals surface area contributed by atoms with Crippen LogP contribution in [0.1, 0.15) is 33.1 Å². The van der Waals surface area contributed by atoms with Crippen molar-refractivity contribution in [3.63, 3.8) is 0 Å². The molecule has 1 aliphatic carbocycles. The van der Waals surface area contributed by atoms with Gasteiger partial charge < -0.3 is 5.32 Å². The Balaban J connectivity index is 1.87. The maximum atomic E-state index is 11.9. The molecule has 4 heteroatoms. The predicted molar refractivity (Wildman–Crippen MR) is 72.4 cm³/mol. The monoisotopic (exact) mass is 247 g/mol. The summed E-state index contributed by atoms with van der Waals surface area (Å²) in [4.78, 5) is 15.9. The fourth-order valence-electron chi connectivity index (χ4n) is 2.54. The van der Waals surface area contributed by atoms with Crippen LogP contribution >= 0.6 is 0 Å². The van der Waals surface area contributed by atoms with E-state index >= 15 is 0 Å². The molecule has 1 aromatic heterocycles. The summed E-state index contributed by atoms with van der Waals surface area (Å²) in [6.07, 6.45) is 5.20. The molecule has 0 aliphatic heterocycles. The molecule has 4 nitrogen and oxygen atoms in total. The second-order valence-corrected chi connectivity index (χ2v) is 5.19. The van der Waals surface area contributed by atoms with Gasteiger partial charge in [0, 0.05) is 12.2 Å². The molecule has 1 aromatic rings. The van der Waals surface area contributed by atoms with Crippen molar-refractivity contribution in [1.29, 1.82) is 0 Å². The molecule has 1 aliphatic rings. The number of nitrogens with zero attached hydrogens (tertiary/aromatic N) is 1. The van der Waals surface area contributed by atoms with Gasteiger partial charge in [-0.2, -0.15) is 0 Å². The summed E-state index contributed by atoms with van der Waals surface area (Å²) in [6, 6.07) is 5.59. The number of amides is 2. The van der Waals surface area contributed by atoms with E-state index in [1.807, 2.05) is 12.1 Å². The molecule has 0 radical (unpaired) electrons. The van der Waals surface area contributed by atoms with E-state index in [1.54, 1.807) is 12.3 Å². The smallest absolute Gasteiger partial charge is 0.320 e. The van der Waals surface area contributed by atoms with Crippen LogP contribution in [0.15, 0.2) is 24.4 Å². The summed E-state index contributed by atoms with van der Waals surface area (Å²) in [7, 11) is 0. The fourth-order valence-corrected chi connectivity index (χ4v) is 2.54. The lowest BCUT2D eigenvalue weighted by atomic mass is 9.78. The van der Waals surface area contributed by atoms with E-state index in [-0.39, 0.29) is 12.1 Å². The lowest BCUT2D eigenvalue weighted by Crippen LogP contribution is -2.45. The topological polar surface area (TPSA) is 54.0 Å². The molecule has 2 amide bonds. The Morgan fingerprint density at radius 2 is 2.17 bits per heavy atom. The van der Waals surface area contributed by atoms with Crippen molar-refractivity contribution in [3.8, 4) is 0 Å². The van der Waals surface area contributed by atoms with Crippen LogP contribution in [0.25, 0.3) is 0 Å². The summed E-state index contributed by atoms with van der Waals surface area (Å²) in [5.74, 6) is 1.80. The highest BCUT2D eigenvalue weighted by Gasteiger charge is 2.28. The van der Waals surface area contributed by atoms with Gasteiger partial charge in [-0.1, -0.05) is 32.8 Å². The second-order valence-electron chi connectivity index (χ2n) is 5.19. The molecule has 2 rings (SSSR count). The summed E-state index contributed by atoms with van der Waals surface area (Å²) >= 11 is 0. The van der Waals surface area contributed by atoms with Gasteiger partial charge in [0.1, 0.15) is 5.82 Å². The van der Waals surface area contributed by atoms with Gasteiger partial charge in [-0.15, -0.1) is 0 Å². The van der Waals surface area contributed by atoms with Gasteiger partial charge in [-0.3, -0.25) is 5.32 Å². The molecule has 0 aromatic carbocycles. The SMILES string of the molecule is CC1CCCC(NC(=O)Nc2ccccn2)C1C.